The third-order valence-electron chi connectivity index (χ3n) is 3.03. The van der Waals surface area contributed by atoms with E-state index in [1.165, 1.54) is 0 Å². The molecule has 0 aliphatic carbocycles. The molecular formula is C14H12ClN3OS. The number of carbonyl (C=O) groups excluding carboxylic acids is 1. The van der Waals surface area contributed by atoms with Crippen LogP contribution in [-0.4, -0.2) is 21.5 Å². The number of nitrogens with one attached hydrogen (secondary N) is 1. The Kier molecular flexibility index (Phi) is 3.63. The van der Waals surface area contributed by atoms with Crippen molar-refractivity contribution in [3.8, 4) is 0 Å². The Morgan fingerprint density at radius 3 is 3.05 bits per heavy atom. The first kappa shape index (κ1) is 13.4. The first-order chi connectivity index (χ1) is 9.63. The molecule has 3 rings (SSSR count). The molecule has 2 aromatic rings. The summed E-state index contributed by atoms with van der Waals surface area (Å²) in [5, 5.41) is 3.48. The SMILES string of the molecule is CC(=O)c1cccc(Nc2nc(Cl)nc3c2SCC3)c1. The zero-order valence-electron chi connectivity index (χ0n) is 10.8. The lowest BCUT2D eigenvalue weighted by atomic mass is 10.1. The van der Waals surface area contributed by atoms with Crippen LogP contribution in [0.3, 0.4) is 0 Å². The van der Waals surface area contributed by atoms with E-state index in [-0.39, 0.29) is 11.1 Å². The van der Waals surface area contributed by atoms with Gasteiger partial charge in [-0.1, -0.05) is 12.1 Å². The predicted molar refractivity (Wildman–Crippen MR) is 81.2 cm³/mol. The topological polar surface area (TPSA) is 54.9 Å². The number of anilines is 2. The van der Waals surface area contributed by atoms with Crippen LogP contribution in [0.25, 0.3) is 0 Å². The average Bonchev–Trinajstić information content (AvgIpc) is 2.87. The molecule has 0 saturated carbocycles. The normalized spacial score (nSPS) is 13.1. The van der Waals surface area contributed by atoms with Gasteiger partial charge in [-0.05, 0) is 30.7 Å². The van der Waals surface area contributed by atoms with Crippen molar-refractivity contribution in [3.63, 3.8) is 0 Å². The Labute approximate surface area is 126 Å². The van der Waals surface area contributed by atoms with Crippen molar-refractivity contribution in [1.29, 1.82) is 0 Å². The minimum absolute atomic E-state index is 0.0361. The second-order valence-corrected chi connectivity index (χ2v) is 5.92. The number of halogens is 1. The van der Waals surface area contributed by atoms with Crippen molar-refractivity contribution in [2.45, 2.75) is 18.2 Å². The second-order valence-electron chi connectivity index (χ2n) is 4.48. The lowest BCUT2D eigenvalue weighted by Crippen LogP contribution is -2.01. The van der Waals surface area contributed by atoms with E-state index in [9.17, 15) is 4.79 Å². The van der Waals surface area contributed by atoms with Crippen LogP contribution in [0.1, 0.15) is 23.0 Å². The Morgan fingerprint density at radius 1 is 1.40 bits per heavy atom. The Bertz CT molecular complexity index is 690. The van der Waals surface area contributed by atoms with Crippen LogP contribution in [0.2, 0.25) is 5.28 Å². The van der Waals surface area contributed by atoms with E-state index in [0.717, 1.165) is 28.5 Å². The van der Waals surface area contributed by atoms with Crippen LogP contribution in [0.4, 0.5) is 11.5 Å². The van der Waals surface area contributed by atoms with Gasteiger partial charge in [0.25, 0.3) is 0 Å². The number of hydrogen-bond donors (Lipinski definition) is 1. The lowest BCUT2D eigenvalue weighted by molar-refractivity contribution is 0.101. The largest absolute Gasteiger partial charge is 0.339 e. The quantitative estimate of drug-likeness (QED) is 0.692. The molecule has 1 aliphatic rings. The van der Waals surface area contributed by atoms with Crippen molar-refractivity contribution in [2.75, 3.05) is 11.1 Å². The van der Waals surface area contributed by atoms with E-state index in [1.54, 1.807) is 24.8 Å². The number of aromatic nitrogens is 2. The van der Waals surface area contributed by atoms with Gasteiger partial charge in [0.2, 0.25) is 5.28 Å². The minimum Gasteiger partial charge on any atom is -0.339 e. The predicted octanol–water partition coefficient (Wildman–Crippen LogP) is 3.72. The van der Waals surface area contributed by atoms with Gasteiger partial charge in [0.1, 0.15) is 5.82 Å². The van der Waals surface area contributed by atoms with Crippen molar-refractivity contribution in [1.82, 2.24) is 9.97 Å². The molecule has 1 N–H and O–H groups in total. The van der Waals surface area contributed by atoms with Gasteiger partial charge in [-0.3, -0.25) is 4.79 Å². The molecule has 4 nitrogen and oxygen atoms in total. The van der Waals surface area contributed by atoms with Crippen molar-refractivity contribution in [2.24, 2.45) is 0 Å². The number of benzene rings is 1. The van der Waals surface area contributed by atoms with Gasteiger partial charge in [0.15, 0.2) is 5.78 Å². The molecule has 1 aromatic carbocycles. The molecule has 0 unspecified atom stereocenters. The van der Waals surface area contributed by atoms with E-state index in [1.807, 2.05) is 18.2 Å². The molecule has 6 heteroatoms. The summed E-state index contributed by atoms with van der Waals surface area (Å²) in [6.45, 7) is 1.55. The van der Waals surface area contributed by atoms with E-state index >= 15 is 0 Å². The van der Waals surface area contributed by atoms with Gasteiger partial charge < -0.3 is 5.32 Å². The van der Waals surface area contributed by atoms with E-state index < -0.39 is 0 Å². The number of fused-ring (bicyclic) bond motifs is 1. The summed E-state index contributed by atoms with van der Waals surface area (Å²) in [5.41, 5.74) is 2.47. The average molecular weight is 306 g/mol. The van der Waals surface area contributed by atoms with E-state index in [0.29, 0.717) is 11.4 Å². The molecule has 102 valence electrons. The number of thioether (sulfide) groups is 1. The Balaban J connectivity index is 1.96. The highest BCUT2D eigenvalue weighted by Gasteiger charge is 2.19. The number of carbonyl (C=O) groups is 1. The number of ketones is 1. The highest BCUT2D eigenvalue weighted by Crippen LogP contribution is 2.37. The summed E-state index contributed by atoms with van der Waals surface area (Å²) in [6, 6.07) is 7.34. The van der Waals surface area contributed by atoms with Gasteiger partial charge in [0.05, 0.1) is 10.6 Å². The fourth-order valence-corrected chi connectivity index (χ4v) is 3.31. The molecule has 0 bridgehead atoms. The van der Waals surface area contributed by atoms with Crippen molar-refractivity contribution >= 4 is 40.7 Å². The standard InChI is InChI=1S/C14H12ClN3OS/c1-8(19)9-3-2-4-10(7-9)16-13-12-11(5-6-20-12)17-14(15)18-13/h2-4,7H,5-6H2,1H3,(H,16,17,18). The van der Waals surface area contributed by atoms with Gasteiger partial charge in [-0.2, -0.15) is 4.98 Å². The third kappa shape index (κ3) is 2.64. The van der Waals surface area contributed by atoms with Gasteiger partial charge in [-0.15, -0.1) is 11.8 Å². The summed E-state index contributed by atoms with van der Waals surface area (Å²) in [5.74, 6) is 1.74. The van der Waals surface area contributed by atoms with Crippen LogP contribution >= 0.6 is 23.4 Å². The molecule has 20 heavy (non-hydrogen) atoms. The molecule has 1 aliphatic heterocycles. The maximum atomic E-state index is 11.4. The molecule has 0 saturated heterocycles. The maximum absolute atomic E-state index is 11.4. The Hall–Kier alpha value is -1.59. The van der Waals surface area contributed by atoms with Crippen LogP contribution in [0.15, 0.2) is 29.2 Å². The van der Waals surface area contributed by atoms with Crippen LogP contribution in [0.5, 0.6) is 0 Å². The van der Waals surface area contributed by atoms with E-state index in [4.69, 9.17) is 11.6 Å². The third-order valence-corrected chi connectivity index (χ3v) is 4.32. The molecule has 0 spiro atoms. The van der Waals surface area contributed by atoms with Crippen LogP contribution in [0, 0.1) is 0 Å². The molecule has 1 aromatic heterocycles. The number of nitrogens with zero attached hydrogens (tertiary/aromatic N) is 2. The second kappa shape index (κ2) is 5.42. The number of Topliss-reactive ketones (excluding diaryl/α,β-unsaturated/α-hetero) is 1. The summed E-state index contributed by atoms with van der Waals surface area (Å²) in [6.07, 6.45) is 0.907. The van der Waals surface area contributed by atoms with Gasteiger partial charge in [0, 0.05) is 23.4 Å². The van der Waals surface area contributed by atoms with Crippen molar-refractivity contribution in [3.05, 3.63) is 40.8 Å². The van der Waals surface area contributed by atoms with Gasteiger partial charge in [-0.25, -0.2) is 4.98 Å². The molecule has 0 atom stereocenters. The van der Waals surface area contributed by atoms with Gasteiger partial charge >= 0.3 is 0 Å². The van der Waals surface area contributed by atoms with Crippen LogP contribution < -0.4 is 5.32 Å². The zero-order valence-corrected chi connectivity index (χ0v) is 12.4. The summed E-state index contributed by atoms with van der Waals surface area (Å²) < 4.78 is 0. The monoisotopic (exact) mass is 305 g/mol. The fourth-order valence-electron chi connectivity index (χ4n) is 2.08. The highest BCUT2D eigenvalue weighted by atomic mass is 35.5. The van der Waals surface area contributed by atoms with E-state index in [2.05, 4.69) is 15.3 Å². The highest BCUT2D eigenvalue weighted by molar-refractivity contribution is 7.99. The first-order valence-electron chi connectivity index (χ1n) is 6.21. The first-order valence-corrected chi connectivity index (χ1v) is 7.57. The number of hydrogen-bond acceptors (Lipinski definition) is 5. The summed E-state index contributed by atoms with van der Waals surface area (Å²) >= 11 is 7.67. The van der Waals surface area contributed by atoms with Crippen LogP contribution in [-0.2, 0) is 6.42 Å². The number of rotatable bonds is 3. The fraction of sp³-hybridized carbons (Fsp3) is 0.214. The molecule has 0 amide bonds. The minimum atomic E-state index is 0.0361. The molecule has 0 fully saturated rings. The molecule has 2 heterocycles. The summed E-state index contributed by atoms with van der Waals surface area (Å²) in [7, 11) is 0. The molecule has 0 radical (unpaired) electrons. The Morgan fingerprint density at radius 2 is 2.25 bits per heavy atom. The lowest BCUT2D eigenvalue weighted by Gasteiger charge is -2.10. The van der Waals surface area contributed by atoms with Crippen molar-refractivity contribution < 1.29 is 4.79 Å². The molecular weight excluding hydrogens is 294 g/mol. The number of aryl methyl sites for hydroxylation is 1. The smallest absolute Gasteiger partial charge is 0.224 e. The zero-order chi connectivity index (χ0) is 14.1. The maximum Gasteiger partial charge on any atom is 0.224 e. The summed E-state index contributed by atoms with van der Waals surface area (Å²) in [4.78, 5) is 21.0.